The topological polar surface area (TPSA) is 67.6 Å². The fourth-order valence-electron chi connectivity index (χ4n) is 2.18. The van der Waals surface area contributed by atoms with E-state index in [1.54, 1.807) is 24.3 Å². The molecule has 23 heavy (non-hydrogen) atoms. The minimum absolute atomic E-state index is 0.0464. The van der Waals surface area contributed by atoms with Gasteiger partial charge in [-0.2, -0.15) is 10.4 Å². The Bertz CT molecular complexity index is 926. The summed E-state index contributed by atoms with van der Waals surface area (Å²) in [5.74, 6) is -1.36. The van der Waals surface area contributed by atoms with E-state index in [1.165, 1.54) is 0 Å². The number of nitrogen functional groups attached to an aromatic ring is 1. The zero-order valence-electron chi connectivity index (χ0n) is 11.6. The van der Waals surface area contributed by atoms with Crippen molar-refractivity contribution in [3.8, 4) is 23.0 Å². The Hall–Kier alpha value is -2.72. The van der Waals surface area contributed by atoms with Gasteiger partial charge in [0.15, 0.2) is 0 Å². The quantitative estimate of drug-likeness (QED) is 0.735. The Balaban J connectivity index is 2.23. The normalized spacial score (nSPS) is 10.5. The van der Waals surface area contributed by atoms with Crippen LogP contribution in [0.2, 0.25) is 0 Å². The SMILES string of the molecule is N#Cc1c(-c2ccc(Br)cc2)nn(-c2cc(F)ccc2F)c1N. The molecule has 0 radical (unpaired) electrons. The van der Waals surface area contributed by atoms with Crippen LogP contribution in [-0.4, -0.2) is 9.78 Å². The number of nitriles is 1. The molecule has 1 heterocycles. The van der Waals surface area contributed by atoms with Gasteiger partial charge in [0.05, 0.1) is 0 Å². The number of hydrogen-bond acceptors (Lipinski definition) is 3. The maximum Gasteiger partial charge on any atom is 0.149 e. The summed E-state index contributed by atoms with van der Waals surface area (Å²) in [5, 5.41) is 13.5. The second-order valence-corrected chi connectivity index (χ2v) is 5.65. The molecule has 4 nitrogen and oxygen atoms in total. The summed E-state index contributed by atoms with van der Waals surface area (Å²) in [6, 6.07) is 12.0. The number of anilines is 1. The molecule has 0 saturated carbocycles. The first-order valence-corrected chi connectivity index (χ1v) is 7.30. The molecule has 3 rings (SSSR count). The number of halogens is 3. The zero-order chi connectivity index (χ0) is 16.6. The van der Waals surface area contributed by atoms with E-state index in [-0.39, 0.29) is 17.1 Å². The molecule has 0 aliphatic rings. The van der Waals surface area contributed by atoms with Gasteiger partial charge in [0.1, 0.15) is 40.5 Å². The predicted molar refractivity (Wildman–Crippen MR) is 85.7 cm³/mol. The lowest BCUT2D eigenvalue weighted by Crippen LogP contribution is -2.05. The highest BCUT2D eigenvalue weighted by Gasteiger charge is 2.20. The van der Waals surface area contributed by atoms with E-state index in [2.05, 4.69) is 21.0 Å². The van der Waals surface area contributed by atoms with Crippen LogP contribution in [0.25, 0.3) is 16.9 Å². The monoisotopic (exact) mass is 374 g/mol. The number of benzene rings is 2. The lowest BCUT2D eigenvalue weighted by atomic mass is 10.1. The van der Waals surface area contributed by atoms with E-state index in [0.29, 0.717) is 11.3 Å². The van der Waals surface area contributed by atoms with Crippen molar-refractivity contribution in [2.24, 2.45) is 0 Å². The molecule has 0 spiro atoms. The van der Waals surface area contributed by atoms with Gasteiger partial charge in [0.2, 0.25) is 0 Å². The van der Waals surface area contributed by atoms with Crippen molar-refractivity contribution in [1.82, 2.24) is 9.78 Å². The first kappa shape index (κ1) is 15.2. The van der Waals surface area contributed by atoms with Crippen LogP contribution in [0.3, 0.4) is 0 Å². The molecular formula is C16H9BrF2N4. The third-order valence-electron chi connectivity index (χ3n) is 3.29. The number of aromatic nitrogens is 2. The van der Waals surface area contributed by atoms with Crippen molar-refractivity contribution in [2.75, 3.05) is 5.73 Å². The lowest BCUT2D eigenvalue weighted by molar-refractivity contribution is 0.588. The number of nitrogens with two attached hydrogens (primary N) is 1. The van der Waals surface area contributed by atoms with Crippen molar-refractivity contribution >= 4 is 21.7 Å². The average molecular weight is 375 g/mol. The highest BCUT2D eigenvalue weighted by molar-refractivity contribution is 9.10. The van der Waals surface area contributed by atoms with Crippen molar-refractivity contribution in [1.29, 1.82) is 5.26 Å². The largest absolute Gasteiger partial charge is 0.382 e. The van der Waals surface area contributed by atoms with Crippen LogP contribution in [0, 0.1) is 23.0 Å². The molecule has 2 aromatic carbocycles. The standard InChI is InChI=1S/C16H9BrF2N4/c17-10-3-1-9(2-4-10)15-12(8-20)16(21)23(22-15)14-7-11(18)5-6-13(14)19/h1-7H,21H2. The Morgan fingerprint density at radius 2 is 1.83 bits per heavy atom. The summed E-state index contributed by atoms with van der Waals surface area (Å²) < 4.78 is 29.3. The van der Waals surface area contributed by atoms with E-state index >= 15 is 0 Å². The molecule has 0 aliphatic carbocycles. The highest BCUT2D eigenvalue weighted by Crippen LogP contribution is 2.30. The molecule has 0 amide bonds. The summed E-state index contributed by atoms with van der Waals surface area (Å²) in [6.07, 6.45) is 0. The molecule has 0 atom stereocenters. The molecule has 114 valence electrons. The summed E-state index contributed by atoms with van der Waals surface area (Å²) in [5.41, 5.74) is 6.82. The van der Waals surface area contributed by atoms with E-state index in [0.717, 1.165) is 27.4 Å². The highest BCUT2D eigenvalue weighted by atomic mass is 79.9. The van der Waals surface area contributed by atoms with E-state index in [4.69, 9.17) is 5.73 Å². The van der Waals surface area contributed by atoms with Gasteiger partial charge >= 0.3 is 0 Å². The Morgan fingerprint density at radius 1 is 1.13 bits per heavy atom. The molecule has 0 bridgehead atoms. The summed E-state index contributed by atoms with van der Waals surface area (Å²) in [7, 11) is 0. The van der Waals surface area contributed by atoms with Crippen LogP contribution in [0.4, 0.5) is 14.6 Å². The van der Waals surface area contributed by atoms with Crippen LogP contribution in [0.1, 0.15) is 5.56 Å². The van der Waals surface area contributed by atoms with Crippen molar-refractivity contribution in [2.45, 2.75) is 0 Å². The molecule has 0 unspecified atom stereocenters. The second kappa shape index (κ2) is 5.82. The van der Waals surface area contributed by atoms with Gasteiger partial charge in [-0.15, -0.1) is 0 Å². The third kappa shape index (κ3) is 2.69. The van der Waals surface area contributed by atoms with E-state index < -0.39 is 11.6 Å². The van der Waals surface area contributed by atoms with Gasteiger partial charge in [0.25, 0.3) is 0 Å². The molecule has 0 fully saturated rings. The smallest absolute Gasteiger partial charge is 0.149 e. The molecule has 0 aliphatic heterocycles. The molecular weight excluding hydrogens is 366 g/mol. The van der Waals surface area contributed by atoms with Gasteiger partial charge in [-0.05, 0) is 24.3 Å². The Labute approximate surface area is 138 Å². The lowest BCUT2D eigenvalue weighted by Gasteiger charge is -2.05. The Kier molecular flexibility index (Phi) is 3.84. The first-order chi connectivity index (χ1) is 11.0. The average Bonchev–Trinajstić information content (AvgIpc) is 2.87. The molecule has 1 aromatic heterocycles. The van der Waals surface area contributed by atoms with Gasteiger partial charge in [-0.1, -0.05) is 28.1 Å². The van der Waals surface area contributed by atoms with Crippen LogP contribution in [0.5, 0.6) is 0 Å². The molecule has 3 aromatic rings. The van der Waals surface area contributed by atoms with Gasteiger partial charge in [-0.3, -0.25) is 0 Å². The van der Waals surface area contributed by atoms with Crippen LogP contribution >= 0.6 is 15.9 Å². The molecule has 0 saturated heterocycles. The minimum Gasteiger partial charge on any atom is -0.382 e. The van der Waals surface area contributed by atoms with Gasteiger partial charge < -0.3 is 5.73 Å². The van der Waals surface area contributed by atoms with Crippen molar-refractivity contribution < 1.29 is 8.78 Å². The van der Waals surface area contributed by atoms with Crippen LogP contribution in [0.15, 0.2) is 46.9 Å². The fraction of sp³-hybridized carbons (Fsp3) is 0. The van der Waals surface area contributed by atoms with E-state index in [1.807, 2.05) is 6.07 Å². The molecule has 2 N–H and O–H groups in total. The number of nitrogens with zero attached hydrogens (tertiary/aromatic N) is 3. The van der Waals surface area contributed by atoms with Gasteiger partial charge in [-0.25, -0.2) is 13.5 Å². The fourth-order valence-corrected chi connectivity index (χ4v) is 2.45. The third-order valence-corrected chi connectivity index (χ3v) is 3.82. The van der Waals surface area contributed by atoms with Crippen LogP contribution < -0.4 is 5.73 Å². The maximum atomic E-state index is 14.0. The molecule has 7 heteroatoms. The summed E-state index contributed by atoms with van der Waals surface area (Å²) >= 11 is 3.32. The predicted octanol–water partition coefficient (Wildman–Crippen LogP) is 4.03. The minimum atomic E-state index is -0.688. The summed E-state index contributed by atoms with van der Waals surface area (Å²) in [6.45, 7) is 0. The van der Waals surface area contributed by atoms with Crippen LogP contribution in [-0.2, 0) is 0 Å². The first-order valence-electron chi connectivity index (χ1n) is 6.51. The zero-order valence-corrected chi connectivity index (χ0v) is 13.2. The van der Waals surface area contributed by atoms with Crippen molar-refractivity contribution in [3.63, 3.8) is 0 Å². The summed E-state index contributed by atoms with van der Waals surface area (Å²) in [4.78, 5) is 0. The maximum absolute atomic E-state index is 14.0. The van der Waals surface area contributed by atoms with Crippen molar-refractivity contribution in [3.05, 3.63) is 64.1 Å². The number of hydrogen-bond donors (Lipinski definition) is 1. The van der Waals surface area contributed by atoms with E-state index in [9.17, 15) is 14.0 Å². The number of rotatable bonds is 2. The van der Waals surface area contributed by atoms with Gasteiger partial charge in [0, 0.05) is 16.1 Å². The Morgan fingerprint density at radius 3 is 2.48 bits per heavy atom. The second-order valence-electron chi connectivity index (χ2n) is 4.74.